The van der Waals surface area contributed by atoms with Gasteiger partial charge in [-0.1, -0.05) is 12.1 Å². The van der Waals surface area contributed by atoms with E-state index in [0.717, 1.165) is 6.07 Å². The Morgan fingerprint density at radius 1 is 1.22 bits per heavy atom. The van der Waals surface area contributed by atoms with Gasteiger partial charge in [0.15, 0.2) is 11.6 Å². The summed E-state index contributed by atoms with van der Waals surface area (Å²) in [5.41, 5.74) is 0.00919. The molecule has 4 rings (SSSR count). The van der Waals surface area contributed by atoms with Crippen molar-refractivity contribution < 1.29 is 37.4 Å². The lowest BCUT2D eigenvalue weighted by molar-refractivity contribution is -0.132. The van der Waals surface area contributed by atoms with Gasteiger partial charge in [-0.15, -0.1) is 10.2 Å². The molecule has 0 spiro atoms. The summed E-state index contributed by atoms with van der Waals surface area (Å²) in [6.45, 7) is 2.96. The lowest BCUT2D eigenvalue weighted by Gasteiger charge is -2.30. The molecular weight excluding hydrogens is 430 g/mol. The predicted octanol–water partition coefficient (Wildman–Crippen LogP) is 0.899. The number of nitrogens with zero attached hydrogens (tertiary/aromatic N) is 4. The second kappa shape index (κ2) is 10.3. The molecule has 1 aromatic carbocycles. The number of benzene rings is 1. The number of halogens is 2. The molecule has 2 atom stereocenters. The molecule has 10 nitrogen and oxygen atoms in total. The minimum Gasteiger partial charge on any atom is -0.483 e. The zero-order valence-electron chi connectivity index (χ0n) is 17.2. The lowest BCUT2D eigenvalue weighted by Crippen LogP contribution is -2.48. The number of hydrogen-bond acceptors (Lipinski definition) is 7. The molecule has 0 unspecified atom stereocenters. The number of carbonyl (C=O) groups excluding carboxylic acids is 2. The maximum atomic E-state index is 14.0. The fraction of sp³-hybridized carbons (Fsp3) is 0.450. The molecule has 1 aromatic heterocycles. The molecule has 2 amide bonds. The van der Waals surface area contributed by atoms with Crippen LogP contribution in [0.4, 0.5) is 8.78 Å². The quantitative estimate of drug-likeness (QED) is 0.681. The number of amides is 2. The monoisotopic (exact) mass is 452 g/mol. The van der Waals surface area contributed by atoms with Gasteiger partial charge in [0.05, 0.1) is 25.7 Å². The highest BCUT2D eigenvalue weighted by molar-refractivity contribution is 5.90. The third kappa shape index (κ3) is 5.25. The molecule has 0 radical (unpaired) electrons. The van der Waals surface area contributed by atoms with E-state index in [4.69, 9.17) is 19.1 Å². The van der Waals surface area contributed by atoms with E-state index < -0.39 is 23.6 Å². The Labute approximate surface area is 181 Å². The van der Waals surface area contributed by atoms with Gasteiger partial charge >= 0.3 is 11.8 Å². The van der Waals surface area contributed by atoms with Crippen molar-refractivity contribution in [3.8, 4) is 0 Å². The lowest BCUT2D eigenvalue weighted by atomic mass is 10.1. The van der Waals surface area contributed by atoms with Gasteiger partial charge in [-0.05, 0) is 6.07 Å². The third-order valence-corrected chi connectivity index (χ3v) is 5.16. The van der Waals surface area contributed by atoms with Crippen LogP contribution in [0.1, 0.15) is 22.1 Å². The van der Waals surface area contributed by atoms with Gasteiger partial charge in [0.1, 0.15) is 0 Å². The molecule has 2 aliphatic heterocycles. The zero-order chi connectivity index (χ0) is 23.3. The first-order valence-corrected chi connectivity index (χ1v) is 9.81. The van der Waals surface area contributed by atoms with Crippen LogP contribution in [0, 0.1) is 24.5 Å². The van der Waals surface area contributed by atoms with E-state index in [-0.39, 0.29) is 55.2 Å². The summed E-state index contributed by atoms with van der Waals surface area (Å²) in [7, 11) is 0. The van der Waals surface area contributed by atoms with Crippen LogP contribution in [-0.4, -0.2) is 82.3 Å². The minimum atomic E-state index is -1.01. The minimum absolute atomic E-state index is 0.00919. The van der Waals surface area contributed by atoms with Crippen molar-refractivity contribution in [2.45, 2.75) is 19.4 Å². The van der Waals surface area contributed by atoms with Crippen LogP contribution in [0.3, 0.4) is 0 Å². The molecule has 32 heavy (non-hydrogen) atoms. The van der Waals surface area contributed by atoms with Crippen molar-refractivity contribution >= 4 is 18.3 Å². The molecular formula is C20H22F2N4O6. The van der Waals surface area contributed by atoms with Crippen LogP contribution in [0.25, 0.3) is 0 Å². The van der Waals surface area contributed by atoms with Gasteiger partial charge in [0, 0.05) is 38.0 Å². The smallest absolute Gasteiger partial charge is 0.311 e. The number of aromatic nitrogens is 2. The van der Waals surface area contributed by atoms with Gasteiger partial charge < -0.3 is 24.1 Å². The van der Waals surface area contributed by atoms with Crippen molar-refractivity contribution in [3.63, 3.8) is 0 Å². The fourth-order valence-corrected chi connectivity index (χ4v) is 3.76. The highest BCUT2D eigenvalue weighted by Crippen LogP contribution is 2.23. The summed E-state index contributed by atoms with van der Waals surface area (Å²) in [6, 6.07) is 3.38. The Kier molecular flexibility index (Phi) is 7.46. The van der Waals surface area contributed by atoms with Gasteiger partial charge in [-0.3, -0.25) is 14.4 Å². The standard InChI is InChI=1S/C19H20F2N4O4.CH2O2/c1-11-22-23-18(29-11)19(27)25-7-12-6-24(8-14(25)10-28-9-12)16(26)5-13-3-2-4-15(20)17(13)21;2-1-3/h2-4,12,14H,5-10H2,1H3;1H,(H,2,3)/t12-,14-;/m0./s1. The molecule has 2 bridgehead atoms. The number of carboxylic acid groups (broad SMARTS) is 1. The van der Waals surface area contributed by atoms with Crippen molar-refractivity contribution in [1.82, 2.24) is 20.0 Å². The van der Waals surface area contributed by atoms with Crippen LogP contribution in [0.5, 0.6) is 0 Å². The molecule has 3 heterocycles. The van der Waals surface area contributed by atoms with Gasteiger partial charge in [0.25, 0.3) is 6.47 Å². The van der Waals surface area contributed by atoms with Crippen molar-refractivity contribution in [2.75, 3.05) is 32.8 Å². The highest BCUT2D eigenvalue weighted by Gasteiger charge is 2.39. The Morgan fingerprint density at radius 2 is 1.97 bits per heavy atom. The Hall–Kier alpha value is -3.41. The third-order valence-electron chi connectivity index (χ3n) is 5.16. The Balaban J connectivity index is 0.000000913. The molecule has 172 valence electrons. The topological polar surface area (TPSA) is 126 Å². The van der Waals surface area contributed by atoms with Crippen molar-refractivity contribution in [1.29, 1.82) is 0 Å². The number of rotatable bonds is 3. The van der Waals surface area contributed by atoms with Gasteiger partial charge in [0.2, 0.25) is 11.8 Å². The Morgan fingerprint density at radius 3 is 2.66 bits per heavy atom. The molecule has 2 aromatic rings. The van der Waals surface area contributed by atoms with Crippen LogP contribution in [0.15, 0.2) is 22.6 Å². The van der Waals surface area contributed by atoms with Crippen molar-refractivity contribution in [2.24, 2.45) is 5.92 Å². The van der Waals surface area contributed by atoms with Gasteiger partial charge in [-0.2, -0.15) is 0 Å². The molecule has 1 N–H and O–H groups in total. The second-order valence-electron chi connectivity index (χ2n) is 7.43. The van der Waals surface area contributed by atoms with E-state index in [1.54, 1.807) is 16.7 Å². The van der Waals surface area contributed by atoms with E-state index in [2.05, 4.69) is 10.2 Å². The zero-order valence-corrected chi connectivity index (χ0v) is 17.2. The number of hydrogen-bond donors (Lipinski definition) is 1. The first-order valence-electron chi connectivity index (χ1n) is 9.81. The number of carbonyl (C=O) groups is 3. The van der Waals surface area contributed by atoms with Crippen LogP contribution >= 0.6 is 0 Å². The molecule has 2 saturated heterocycles. The summed E-state index contributed by atoms with van der Waals surface area (Å²) in [5.74, 6) is -2.65. The molecule has 2 aliphatic rings. The van der Waals surface area contributed by atoms with E-state index in [0.29, 0.717) is 19.7 Å². The second-order valence-corrected chi connectivity index (χ2v) is 7.43. The summed E-state index contributed by atoms with van der Waals surface area (Å²) < 4.78 is 38.3. The number of fused-ring (bicyclic) bond motifs is 3. The summed E-state index contributed by atoms with van der Waals surface area (Å²) in [6.07, 6.45) is -0.249. The molecule has 12 heteroatoms. The largest absolute Gasteiger partial charge is 0.483 e. The SMILES string of the molecule is Cc1nnc(C(=O)N2C[C@H]3COC[C@@H]2CN(C(=O)Cc2cccc(F)c2F)C3)o1.O=CO. The number of ether oxygens (including phenoxy) is 1. The van der Waals surface area contributed by atoms with Crippen LogP contribution in [-0.2, 0) is 20.7 Å². The predicted molar refractivity (Wildman–Crippen MR) is 104 cm³/mol. The average Bonchev–Trinajstić information content (AvgIpc) is 2.97. The van der Waals surface area contributed by atoms with Gasteiger partial charge in [-0.25, -0.2) is 8.78 Å². The molecule has 0 saturated carbocycles. The molecule has 0 aliphatic carbocycles. The first kappa shape index (κ1) is 23.3. The summed E-state index contributed by atoms with van der Waals surface area (Å²) >= 11 is 0. The number of aryl methyl sites for hydroxylation is 1. The van der Waals surface area contributed by atoms with Crippen LogP contribution < -0.4 is 0 Å². The van der Waals surface area contributed by atoms with E-state index >= 15 is 0 Å². The maximum absolute atomic E-state index is 14.0. The van der Waals surface area contributed by atoms with E-state index in [9.17, 15) is 18.4 Å². The summed E-state index contributed by atoms with van der Waals surface area (Å²) in [4.78, 5) is 37.2. The Bertz CT molecular complexity index is 985. The van der Waals surface area contributed by atoms with Crippen molar-refractivity contribution in [3.05, 3.63) is 47.2 Å². The fourth-order valence-electron chi connectivity index (χ4n) is 3.76. The average molecular weight is 452 g/mol. The molecule has 2 fully saturated rings. The van der Waals surface area contributed by atoms with E-state index in [1.165, 1.54) is 12.1 Å². The maximum Gasteiger partial charge on any atom is 0.311 e. The van der Waals surface area contributed by atoms with E-state index in [1.807, 2.05) is 0 Å². The summed E-state index contributed by atoms with van der Waals surface area (Å²) in [5, 5.41) is 14.4. The first-order chi connectivity index (χ1) is 15.3. The van der Waals surface area contributed by atoms with Crippen LogP contribution in [0.2, 0.25) is 0 Å². The highest BCUT2D eigenvalue weighted by atomic mass is 19.2. The normalized spacial score (nSPS) is 20.1.